The highest BCUT2D eigenvalue weighted by Crippen LogP contribution is 2.13. The molecule has 3 nitrogen and oxygen atoms in total. The molecular weight excluding hydrogens is 210 g/mol. The molecule has 0 fully saturated rings. The third kappa shape index (κ3) is 3.72. The molecule has 0 N–H and O–H groups in total. The highest BCUT2D eigenvalue weighted by molar-refractivity contribution is 7.07. The van der Waals surface area contributed by atoms with Crippen LogP contribution in [0.3, 0.4) is 0 Å². The first-order valence-electron chi connectivity index (χ1n) is 4.85. The molecule has 1 aromatic heterocycles. The molecule has 1 atom stereocenters. The van der Waals surface area contributed by atoms with Crippen LogP contribution in [0, 0.1) is 17.2 Å². The number of ether oxygens (including phenoxy) is 1. The number of esters is 1. The molecule has 1 heterocycles. The zero-order valence-electron chi connectivity index (χ0n) is 8.60. The summed E-state index contributed by atoms with van der Waals surface area (Å²) in [5.41, 5.74) is 1.17. The quantitative estimate of drug-likeness (QED) is 0.720. The van der Waals surface area contributed by atoms with Gasteiger partial charge in [-0.2, -0.15) is 16.6 Å². The Morgan fingerprint density at radius 3 is 3.07 bits per heavy atom. The molecule has 0 aliphatic rings. The Labute approximate surface area is 93.3 Å². The summed E-state index contributed by atoms with van der Waals surface area (Å²) >= 11 is 1.62. The minimum atomic E-state index is -0.634. The van der Waals surface area contributed by atoms with Gasteiger partial charge in [-0.25, -0.2) is 0 Å². The van der Waals surface area contributed by atoms with Crippen LogP contribution in [0.5, 0.6) is 0 Å². The number of carbonyl (C=O) groups is 1. The molecule has 4 heteroatoms. The van der Waals surface area contributed by atoms with E-state index in [1.807, 2.05) is 22.9 Å². The van der Waals surface area contributed by atoms with Crippen molar-refractivity contribution in [1.82, 2.24) is 0 Å². The fraction of sp³-hybridized carbons (Fsp3) is 0.455. The summed E-state index contributed by atoms with van der Waals surface area (Å²) in [5.74, 6) is -1.04. The van der Waals surface area contributed by atoms with Crippen molar-refractivity contribution in [2.75, 3.05) is 6.61 Å². The maximum Gasteiger partial charge on any atom is 0.323 e. The SMILES string of the molecule is CCOC(=O)C(C#N)CCc1ccsc1. The fourth-order valence-electron chi connectivity index (χ4n) is 1.22. The predicted molar refractivity (Wildman–Crippen MR) is 58.4 cm³/mol. The Morgan fingerprint density at radius 1 is 1.73 bits per heavy atom. The maximum absolute atomic E-state index is 11.3. The first-order chi connectivity index (χ1) is 7.27. The Bertz CT molecular complexity index is 340. The van der Waals surface area contributed by atoms with Crippen molar-refractivity contribution in [2.24, 2.45) is 5.92 Å². The van der Waals surface area contributed by atoms with Crippen LogP contribution >= 0.6 is 11.3 Å². The first-order valence-corrected chi connectivity index (χ1v) is 5.79. The average Bonchev–Trinajstić information content (AvgIpc) is 2.72. The van der Waals surface area contributed by atoms with E-state index >= 15 is 0 Å². The van der Waals surface area contributed by atoms with E-state index in [0.717, 1.165) is 6.42 Å². The number of rotatable bonds is 5. The Kier molecular flexibility index (Phi) is 4.85. The lowest BCUT2D eigenvalue weighted by molar-refractivity contribution is -0.146. The van der Waals surface area contributed by atoms with Crippen molar-refractivity contribution in [1.29, 1.82) is 5.26 Å². The van der Waals surface area contributed by atoms with E-state index in [1.165, 1.54) is 5.56 Å². The smallest absolute Gasteiger partial charge is 0.323 e. The normalized spacial score (nSPS) is 11.7. The average molecular weight is 223 g/mol. The van der Waals surface area contributed by atoms with Crippen LogP contribution in [0.15, 0.2) is 16.8 Å². The minimum Gasteiger partial charge on any atom is -0.465 e. The standard InChI is InChI=1S/C11H13NO2S/c1-2-14-11(13)10(7-12)4-3-9-5-6-15-8-9/h5-6,8,10H,2-4H2,1H3. The fourth-order valence-corrected chi connectivity index (χ4v) is 1.93. The molecule has 80 valence electrons. The Hall–Kier alpha value is -1.34. The number of hydrogen-bond acceptors (Lipinski definition) is 4. The van der Waals surface area contributed by atoms with Crippen LogP contribution in [-0.2, 0) is 16.0 Å². The number of nitriles is 1. The summed E-state index contributed by atoms with van der Waals surface area (Å²) in [4.78, 5) is 11.3. The van der Waals surface area contributed by atoms with Crippen molar-refractivity contribution in [3.63, 3.8) is 0 Å². The number of carbonyl (C=O) groups excluding carboxylic acids is 1. The van der Waals surface area contributed by atoms with Gasteiger partial charge < -0.3 is 4.74 Å². The van der Waals surface area contributed by atoms with Gasteiger partial charge in [0, 0.05) is 0 Å². The van der Waals surface area contributed by atoms with E-state index in [4.69, 9.17) is 10.00 Å². The predicted octanol–water partition coefficient (Wildman–Crippen LogP) is 2.38. The molecule has 15 heavy (non-hydrogen) atoms. The Balaban J connectivity index is 2.41. The second-order valence-corrected chi connectivity index (χ2v) is 3.88. The van der Waals surface area contributed by atoms with Crippen molar-refractivity contribution in [2.45, 2.75) is 19.8 Å². The molecule has 0 saturated carbocycles. The van der Waals surface area contributed by atoms with Crippen LogP contribution in [-0.4, -0.2) is 12.6 Å². The molecule has 0 radical (unpaired) electrons. The van der Waals surface area contributed by atoms with Gasteiger partial charge in [-0.1, -0.05) is 0 Å². The van der Waals surface area contributed by atoms with Crippen molar-refractivity contribution < 1.29 is 9.53 Å². The van der Waals surface area contributed by atoms with Gasteiger partial charge in [0.15, 0.2) is 0 Å². The lowest BCUT2D eigenvalue weighted by Gasteiger charge is -2.06. The summed E-state index contributed by atoms with van der Waals surface area (Å²) in [6.45, 7) is 2.07. The molecule has 1 rings (SSSR count). The van der Waals surface area contributed by atoms with Crippen molar-refractivity contribution >= 4 is 17.3 Å². The largest absolute Gasteiger partial charge is 0.465 e. The molecule has 0 spiro atoms. The van der Waals surface area contributed by atoms with Crippen LogP contribution < -0.4 is 0 Å². The maximum atomic E-state index is 11.3. The van der Waals surface area contributed by atoms with Gasteiger partial charge in [-0.3, -0.25) is 4.79 Å². The topological polar surface area (TPSA) is 50.1 Å². The van der Waals surface area contributed by atoms with Gasteiger partial charge in [-0.05, 0) is 42.2 Å². The van der Waals surface area contributed by atoms with Crippen LogP contribution in [0.4, 0.5) is 0 Å². The molecule has 0 aliphatic carbocycles. The van der Waals surface area contributed by atoms with Crippen LogP contribution in [0.25, 0.3) is 0 Å². The van der Waals surface area contributed by atoms with Gasteiger partial charge in [0.25, 0.3) is 0 Å². The van der Waals surface area contributed by atoms with Gasteiger partial charge in [0.2, 0.25) is 0 Å². The molecule has 0 bridgehead atoms. The second kappa shape index (κ2) is 6.20. The van der Waals surface area contributed by atoms with E-state index in [9.17, 15) is 4.79 Å². The van der Waals surface area contributed by atoms with Gasteiger partial charge in [0.1, 0.15) is 5.92 Å². The van der Waals surface area contributed by atoms with E-state index in [1.54, 1.807) is 18.3 Å². The van der Waals surface area contributed by atoms with Gasteiger partial charge in [-0.15, -0.1) is 0 Å². The van der Waals surface area contributed by atoms with E-state index in [0.29, 0.717) is 13.0 Å². The van der Waals surface area contributed by atoms with Crippen molar-refractivity contribution in [3.05, 3.63) is 22.4 Å². The Morgan fingerprint density at radius 2 is 2.53 bits per heavy atom. The number of nitrogens with zero attached hydrogens (tertiary/aromatic N) is 1. The molecule has 0 aliphatic heterocycles. The first kappa shape index (κ1) is 11.7. The summed E-state index contributed by atoms with van der Waals surface area (Å²) in [7, 11) is 0. The van der Waals surface area contributed by atoms with E-state index in [2.05, 4.69) is 0 Å². The van der Waals surface area contributed by atoms with Crippen molar-refractivity contribution in [3.8, 4) is 6.07 Å². The van der Waals surface area contributed by atoms with Crippen LogP contribution in [0.2, 0.25) is 0 Å². The lowest BCUT2D eigenvalue weighted by atomic mass is 10.0. The molecule has 0 saturated heterocycles. The highest BCUT2D eigenvalue weighted by Gasteiger charge is 2.18. The summed E-state index contributed by atoms with van der Waals surface area (Å²) in [5, 5.41) is 12.8. The zero-order chi connectivity index (χ0) is 11.1. The van der Waals surface area contributed by atoms with Gasteiger partial charge >= 0.3 is 5.97 Å². The molecule has 0 amide bonds. The molecule has 1 aromatic rings. The number of hydrogen-bond donors (Lipinski definition) is 0. The van der Waals surface area contributed by atoms with E-state index < -0.39 is 11.9 Å². The molecule has 1 unspecified atom stereocenters. The van der Waals surface area contributed by atoms with E-state index in [-0.39, 0.29) is 0 Å². The van der Waals surface area contributed by atoms with Gasteiger partial charge in [0.05, 0.1) is 12.7 Å². The minimum absolute atomic E-state index is 0.329. The third-order valence-corrected chi connectivity index (χ3v) is 2.76. The monoisotopic (exact) mass is 223 g/mol. The molecule has 0 aromatic carbocycles. The second-order valence-electron chi connectivity index (χ2n) is 3.10. The summed E-state index contributed by atoms with van der Waals surface area (Å²) < 4.78 is 4.81. The summed E-state index contributed by atoms with van der Waals surface area (Å²) in [6.07, 6.45) is 1.28. The molecular formula is C11H13NO2S. The lowest BCUT2D eigenvalue weighted by Crippen LogP contribution is -2.16. The highest BCUT2D eigenvalue weighted by atomic mass is 32.1. The number of aryl methyl sites for hydroxylation is 1. The zero-order valence-corrected chi connectivity index (χ0v) is 9.42. The summed E-state index contributed by atoms with van der Waals surface area (Å²) in [6, 6.07) is 3.98. The number of thiophene rings is 1. The van der Waals surface area contributed by atoms with Crippen LogP contribution in [0.1, 0.15) is 18.9 Å². The third-order valence-electron chi connectivity index (χ3n) is 2.03.